The van der Waals surface area contributed by atoms with Gasteiger partial charge in [-0.1, -0.05) is 51.1 Å². The van der Waals surface area contributed by atoms with Crippen LogP contribution in [-0.2, 0) is 0 Å². The van der Waals surface area contributed by atoms with Gasteiger partial charge in [0.25, 0.3) is 0 Å². The molecule has 0 spiro atoms. The molecule has 0 saturated heterocycles. The van der Waals surface area contributed by atoms with E-state index >= 15 is 0 Å². The highest BCUT2D eigenvalue weighted by atomic mass is 15.0. The second-order valence-electron chi connectivity index (χ2n) is 6.14. The molecule has 1 aliphatic carbocycles. The average Bonchev–Trinajstić information content (AvgIpc) is 2.67. The van der Waals surface area contributed by atoms with Gasteiger partial charge in [-0.2, -0.15) is 0 Å². The van der Waals surface area contributed by atoms with Crippen molar-refractivity contribution in [3.05, 3.63) is 35.9 Å². The van der Waals surface area contributed by atoms with Crippen LogP contribution in [0.25, 0.3) is 0 Å². The Morgan fingerprint density at radius 2 is 2.00 bits per heavy atom. The van der Waals surface area contributed by atoms with Crippen LogP contribution in [0.3, 0.4) is 0 Å². The molecule has 1 aliphatic rings. The summed E-state index contributed by atoms with van der Waals surface area (Å²) in [6, 6.07) is 12.1. The molecule has 17 heavy (non-hydrogen) atoms. The molecule has 1 aromatic rings. The van der Waals surface area contributed by atoms with Gasteiger partial charge in [0.1, 0.15) is 0 Å². The summed E-state index contributed by atoms with van der Waals surface area (Å²) in [5, 5.41) is 3.84. The van der Waals surface area contributed by atoms with Crippen molar-refractivity contribution in [2.45, 2.75) is 58.5 Å². The van der Waals surface area contributed by atoms with Crippen LogP contribution in [0.1, 0.15) is 58.1 Å². The summed E-state index contributed by atoms with van der Waals surface area (Å²) < 4.78 is 0. The second kappa shape index (κ2) is 5.22. The van der Waals surface area contributed by atoms with Crippen LogP contribution in [0.15, 0.2) is 30.3 Å². The number of benzene rings is 1. The Balaban J connectivity index is 1.97. The molecule has 0 aliphatic heterocycles. The predicted molar refractivity (Wildman–Crippen MR) is 74.0 cm³/mol. The van der Waals surface area contributed by atoms with Gasteiger partial charge >= 0.3 is 0 Å². The van der Waals surface area contributed by atoms with Crippen LogP contribution >= 0.6 is 0 Å². The minimum Gasteiger partial charge on any atom is -0.307 e. The summed E-state index contributed by atoms with van der Waals surface area (Å²) in [4.78, 5) is 0. The summed E-state index contributed by atoms with van der Waals surface area (Å²) in [5.74, 6) is 0. The normalized spacial score (nSPS) is 24.8. The van der Waals surface area contributed by atoms with Gasteiger partial charge in [-0.05, 0) is 36.7 Å². The molecule has 2 atom stereocenters. The maximum atomic E-state index is 3.84. The maximum Gasteiger partial charge on any atom is 0.0320 e. The fourth-order valence-corrected chi connectivity index (χ4v) is 3.00. The number of hydrogen-bond acceptors (Lipinski definition) is 1. The fourth-order valence-electron chi connectivity index (χ4n) is 3.00. The van der Waals surface area contributed by atoms with Gasteiger partial charge in [-0.25, -0.2) is 0 Å². The Hall–Kier alpha value is -0.820. The Morgan fingerprint density at radius 3 is 2.53 bits per heavy atom. The molecule has 0 radical (unpaired) electrons. The third-order valence-corrected chi connectivity index (χ3v) is 4.02. The van der Waals surface area contributed by atoms with Gasteiger partial charge in [0.05, 0.1) is 0 Å². The molecular weight excluding hydrogens is 206 g/mol. The van der Waals surface area contributed by atoms with Gasteiger partial charge in [-0.3, -0.25) is 0 Å². The van der Waals surface area contributed by atoms with E-state index in [9.17, 15) is 0 Å². The van der Waals surface area contributed by atoms with Crippen molar-refractivity contribution in [3.63, 3.8) is 0 Å². The lowest BCUT2D eigenvalue weighted by molar-refractivity contribution is 0.350. The van der Waals surface area contributed by atoms with Crippen molar-refractivity contribution < 1.29 is 0 Å². The van der Waals surface area contributed by atoms with E-state index in [1.165, 1.54) is 31.2 Å². The Bertz CT molecular complexity index is 342. The highest BCUT2D eigenvalue weighted by Gasteiger charge is 2.31. The summed E-state index contributed by atoms with van der Waals surface area (Å²) in [6.45, 7) is 7.04. The number of nitrogens with one attached hydrogen (secondary N) is 1. The molecule has 1 fully saturated rings. The van der Waals surface area contributed by atoms with E-state index in [4.69, 9.17) is 0 Å². The van der Waals surface area contributed by atoms with Gasteiger partial charge in [0.15, 0.2) is 0 Å². The largest absolute Gasteiger partial charge is 0.307 e. The highest BCUT2D eigenvalue weighted by molar-refractivity contribution is 5.19. The van der Waals surface area contributed by atoms with E-state index < -0.39 is 0 Å². The van der Waals surface area contributed by atoms with Crippen molar-refractivity contribution >= 4 is 0 Å². The maximum absolute atomic E-state index is 3.84. The van der Waals surface area contributed by atoms with E-state index in [-0.39, 0.29) is 0 Å². The Labute approximate surface area is 106 Å². The zero-order valence-electron chi connectivity index (χ0n) is 11.4. The van der Waals surface area contributed by atoms with Crippen LogP contribution in [0.4, 0.5) is 0 Å². The van der Waals surface area contributed by atoms with E-state index in [2.05, 4.69) is 56.4 Å². The molecule has 1 saturated carbocycles. The quantitative estimate of drug-likeness (QED) is 0.814. The molecule has 1 aromatic carbocycles. The van der Waals surface area contributed by atoms with Crippen molar-refractivity contribution in [3.8, 4) is 0 Å². The first kappa shape index (κ1) is 12.6. The van der Waals surface area contributed by atoms with Gasteiger partial charge in [0, 0.05) is 12.1 Å². The molecule has 0 aromatic heterocycles. The lowest BCUT2D eigenvalue weighted by Gasteiger charge is -2.24. The van der Waals surface area contributed by atoms with Crippen molar-refractivity contribution in [2.75, 3.05) is 0 Å². The summed E-state index contributed by atoms with van der Waals surface area (Å²) in [5.41, 5.74) is 1.96. The predicted octanol–water partition coefficient (Wildman–Crippen LogP) is 4.31. The van der Waals surface area contributed by atoms with E-state index in [0.29, 0.717) is 17.5 Å². The average molecular weight is 231 g/mol. The fraction of sp³-hybridized carbons (Fsp3) is 0.625. The first-order valence-electron chi connectivity index (χ1n) is 6.92. The molecule has 0 bridgehead atoms. The van der Waals surface area contributed by atoms with E-state index in [1.54, 1.807) is 0 Å². The lowest BCUT2D eigenvalue weighted by Crippen LogP contribution is -2.31. The van der Waals surface area contributed by atoms with Crippen LogP contribution in [0.2, 0.25) is 0 Å². The summed E-state index contributed by atoms with van der Waals surface area (Å²) in [6.07, 6.45) is 5.17. The summed E-state index contributed by atoms with van der Waals surface area (Å²) in [7, 11) is 0. The van der Waals surface area contributed by atoms with Crippen LogP contribution in [-0.4, -0.2) is 6.04 Å². The minimum absolute atomic E-state index is 0.523. The zero-order valence-corrected chi connectivity index (χ0v) is 11.4. The van der Waals surface area contributed by atoms with Crippen molar-refractivity contribution in [1.29, 1.82) is 0 Å². The van der Waals surface area contributed by atoms with Gasteiger partial charge < -0.3 is 5.32 Å². The minimum atomic E-state index is 0.523. The third kappa shape index (κ3) is 3.32. The Kier molecular flexibility index (Phi) is 3.88. The summed E-state index contributed by atoms with van der Waals surface area (Å²) >= 11 is 0. The second-order valence-corrected chi connectivity index (χ2v) is 6.14. The SMILES string of the molecule is CCC(NC1CCC(C)(C)C1)c1ccccc1. The van der Waals surface area contributed by atoms with E-state index in [1.807, 2.05) is 0 Å². The third-order valence-electron chi connectivity index (χ3n) is 4.02. The molecule has 0 amide bonds. The lowest BCUT2D eigenvalue weighted by atomic mass is 9.91. The van der Waals surface area contributed by atoms with Crippen LogP contribution < -0.4 is 5.32 Å². The molecule has 2 unspecified atom stereocenters. The van der Waals surface area contributed by atoms with Crippen molar-refractivity contribution in [1.82, 2.24) is 5.32 Å². The molecule has 1 heteroatoms. The van der Waals surface area contributed by atoms with Gasteiger partial charge in [-0.15, -0.1) is 0 Å². The van der Waals surface area contributed by atoms with Gasteiger partial charge in [0.2, 0.25) is 0 Å². The number of hydrogen-bond donors (Lipinski definition) is 1. The number of rotatable bonds is 4. The van der Waals surface area contributed by atoms with E-state index in [0.717, 1.165) is 0 Å². The molecule has 1 N–H and O–H groups in total. The first-order valence-corrected chi connectivity index (χ1v) is 6.92. The standard InChI is InChI=1S/C16H25N/c1-4-15(13-8-6-5-7-9-13)17-14-10-11-16(2,3)12-14/h5-9,14-15,17H,4,10-12H2,1-3H3. The Morgan fingerprint density at radius 1 is 1.29 bits per heavy atom. The molecule has 94 valence electrons. The monoisotopic (exact) mass is 231 g/mol. The first-order chi connectivity index (χ1) is 8.11. The molecular formula is C16H25N. The molecule has 1 nitrogen and oxygen atoms in total. The highest BCUT2D eigenvalue weighted by Crippen LogP contribution is 2.38. The molecule has 0 heterocycles. The smallest absolute Gasteiger partial charge is 0.0320 e. The topological polar surface area (TPSA) is 12.0 Å². The molecule has 2 rings (SSSR count). The van der Waals surface area contributed by atoms with Crippen molar-refractivity contribution in [2.24, 2.45) is 5.41 Å². The zero-order chi connectivity index (χ0) is 12.3. The van der Waals surface area contributed by atoms with Crippen LogP contribution in [0.5, 0.6) is 0 Å². The van der Waals surface area contributed by atoms with Crippen LogP contribution in [0, 0.1) is 5.41 Å².